The fourth-order valence-electron chi connectivity index (χ4n) is 5.83. The Morgan fingerprint density at radius 1 is 0.957 bits per heavy atom. The Balaban J connectivity index is 1.61. The van der Waals surface area contributed by atoms with Crippen molar-refractivity contribution in [2.45, 2.75) is 64.8 Å². The summed E-state index contributed by atoms with van der Waals surface area (Å²) < 4.78 is 42.0. The highest BCUT2D eigenvalue weighted by Gasteiger charge is 2.38. The predicted molar refractivity (Wildman–Crippen MR) is 169 cm³/mol. The Morgan fingerprint density at radius 2 is 1.61 bits per heavy atom. The van der Waals surface area contributed by atoms with Gasteiger partial charge >= 0.3 is 0 Å². The molecule has 3 N–H and O–H groups in total. The molecule has 4 rings (SSSR count). The summed E-state index contributed by atoms with van der Waals surface area (Å²) in [5.41, 5.74) is 1.91. The summed E-state index contributed by atoms with van der Waals surface area (Å²) in [5.74, 6) is -3.39. The molecule has 0 aliphatic carbocycles. The van der Waals surface area contributed by atoms with Gasteiger partial charge in [-0.15, -0.1) is 0 Å². The van der Waals surface area contributed by atoms with E-state index in [1.165, 1.54) is 23.1 Å². The normalized spacial score (nSPS) is 16.2. The lowest BCUT2D eigenvalue weighted by molar-refractivity contribution is -0.140. The van der Waals surface area contributed by atoms with Crippen LogP contribution in [-0.2, 0) is 17.8 Å². The molecule has 1 fully saturated rings. The number of aliphatic hydroxyl groups is 1. The first-order valence-corrected chi connectivity index (χ1v) is 15.6. The van der Waals surface area contributed by atoms with Gasteiger partial charge in [0.1, 0.15) is 23.5 Å². The molecule has 1 saturated heterocycles. The van der Waals surface area contributed by atoms with Crippen LogP contribution < -0.4 is 10.6 Å². The highest BCUT2D eigenvalue weighted by atomic mass is 19.1. The van der Waals surface area contributed by atoms with E-state index in [1.54, 1.807) is 36.1 Å². The number of carbonyl (C=O) groups is 3. The maximum absolute atomic E-state index is 14.1. The first kappa shape index (κ1) is 34.6. The number of aliphatic hydroxyl groups excluding tert-OH is 1. The molecule has 3 aromatic carbocycles. The molecule has 0 saturated carbocycles. The molecule has 0 spiro atoms. The van der Waals surface area contributed by atoms with Crippen LogP contribution in [0.15, 0.2) is 60.7 Å². The molecular weight excluding hydrogens is 597 g/mol. The van der Waals surface area contributed by atoms with Crippen LogP contribution in [0.25, 0.3) is 0 Å². The fourth-order valence-corrected chi connectivity index (χ4v) is 5.83. The van der Waals surface area contributed by atoms with Crippen LogP contribution in [0.3, 0.4) is 0 Å². The molecule has 3 aromatic rings. The van der Waals surface area contributed by atoms with E-state index in [0.29, 0.717) is 42.9 Å². The van der Waals surface area contributed by atoms with Crippen LogP contribution >= 0.6 is 0 Å². The molecule has 0 radical (unpaired) electrons. The molecule has 1 heterocycles. The minimum atomic E-state index is -1.52. The van der Waals surface area contributed by atoms with E-state index in [4.69, 9.17) is 0 Å². The van der Waals surface area contributed by atoms with Crippen LogP contribution in [0.1, 0.15) is 64.1 Å². The third-order valence-electron chi connectivity index (χ3n) is 7.90. The molecule has 1 aliphatic heterocycles. The van der Waals surface area contributed by atoms with Crippen LogP contribution in [0.5, 0.6) is 0 Å². The summed E-state index contributed by atoms with van der Waals surface area (Å²) in [4.78, 5) is 43.8. The molecule has 1 aliphatic rings. The molecule has 46 heavy (non-hydrogen) atoms. The van der Waals surface area contributed by atoms with Gasteiger partial charge in [0.25, 0.3) is 11.8 Å². The van der Waals surface area contributed by atoms with Gasteiger partial charge in [-0.25, -0.2) is 13.2 Å². The van der Waals surface area contributed by atoms with Gasteiger partial charge in [0, 0.05) is 49.9 Å². The predicted octanol–water partition coefficient (Wildman–Crippen LogP) is 4.38. The van der Waals surface area contributed by atoms with Gasteiger partial charge in [0.2, 0.25) is 5.91 Å². The zero-order valence-electron chi connectivity index (χ0n) is 26.4. The van der Waals surface area contributed by atoms with Crippen LogP contribution in [0.4, 0.5) is 13.2 Å². The average Bonchev–Trinajstić information content (AvgIpc) is 3.00. The Labute approximate surface area is 267 Å². The van der Waals surface area contributed by atoms with Crippen molar-refractivity contribution in [3.8, 4) is 0 Å². The van der Waals surface area contributed by atoms with Crippen LogP contribution in [-0.4, -0.2) is 77.0 Å². The van der Waals surface area contributed by atoms with E-state index < -0.39 is 47.5 Å². The van der Waals surface area contributed by atoms with Gasteiger partial charge in [-0.2, -0.15) is 0 Å². The van der Waals surface area contributed by atoms with Crippen molar-refractivity contribution in [2.24, 2.45) is 0 Å². The second-order valence-electron chi connectivity index (χ2n) is 11.8. The molecule has 3 amide bonds. The zero-order valence-corrected chi connectivity index (χ0v) is 26.4. The maximum atomic E-state index is 14.1. The molecule has 3 atom stereocenters. The molecule has 0 bridgehead atoms. The summed E-state index contributed by atoms with van der Waals surface area (Å²) in [6.07, 6.45) is -0.166. The van der Waals surface area contributed by atoms with Crippen molar-refractivity contribution >= 4 is 17.7 Å². The Bertz CT molecular complexity index is 1530. The standard InChI is InChI=1S/C35H41F3N4O4/c1-4-10-41(11-5-2)34(45)26-14-22(3)13-25(19-26)33(44)40-30(18-24-16-28(37)20-29(38)17-24)32(43)31-35(46)42(12-9-39-31)21-23-7-6-8-27(36)15-23/h6-8,13-17,19-20,30-32,39,43H,4-5,9-12,18,21H2,1-3H3,(H,40,44)/t30-,31-,32?/m0/s1. The van der Waals surface area contributed by atoms with E-state index in [2.05, 4.69) is 10.6 Å². The number of hydrogen-bond donors (Lipinski definition) is 3. The molecule has 8 nitrogen and oxygen atoms in total. The first-order chi connectivity index (χ1) is 22.0. The molecular formula is C35H41F3N4O4. The van der Waals surface area contributed by atoms with Crippen LogP contribution in [0.2, 0.25) is 0 Å². The van der Waals surface area contributed by atoms with Gasteiger partial charge in [-0.1, -0.05) is 26.0 Å². The number of halogens is 3. The quantitative estimate of drug-likeness (QED) is 0.258. The van der Waals surface area contributed by atoms with Gasteiger partial charge in [-0.3, -0.25) is 14.4 Å². The number of amides is 3. The number of rotatable bonds is 13. The fraction of sp³-hybridized carbons (Fsp3) is 0.400. The summed E-state index contributed by atoms with van der Waals surface area (Å²) >= 11 is 0. The molecule has 11 heteroatoms. The number of nitrogens with zero attached hydrogens (tertiary/aromatic N) is 2. The SMILES string of the molecule is CCCN(CCC)C(=O)c1cc(C)cc(C(=O)N[C@@H](Cc2cc(F)cc(F)c2)C(O)[C@@H]2NCCN(Cc3cccc(F)c3)C2=O)c1. The van der Waals surface area contributed by atoms with E-state index in [9.17, 15) is 32.7 Å². The first-order valence-electron chi connectivity index (χ1n) is 15.6. The molecule has 246 valence electrons. The lowest BCUT2D eigenvalue weighted by Gasteiger charge is -2.38. The molecule has 1 unspecified atom stereocenters. The number of hydrogen-bond acceptors (Lipinski definition) is 5. The zero-order chi connectivity index (χ0) is 33.4. The van der Waals surface area contributed by atoms with Gasteiger partial charge in [0.05, 0.1) is 12.1 Å². The van der Waals surface area contributed by atoms with Crippen molar-refractivity contribution in [1.29, 1.82) is 0 Å². The third-order valence-corrected chi connectivity index (χ3v) is 7.90. The number of carbonyl (C=O) groups excluding carboxylic acids is 3. The van der Waals surface area contributed by atoms with Crippen molar-refractivity contribution < 1.29 is 32.7 Å². The summed E-state index contributed by atoms with van der Waals surface area (Å²) in [6.45, 7) is 7.59. The van der Waals surface area contributed by atoms with E-state index in [-0.39, 0.29) is 30.0 Å². The lowest BCUT2D eigenvalue weighted by Crippen LogP contribution is -2.63. The van der Waals surface area contributed by atoms with E-state index in [1.807, 2.05) is 13.8 Å². The largest absolute Gasteiger partial charge is 0.389 e. The summed E-state index contributed by atoms with van der Waals surface area (Å²) in [7, 11) is 0. The number of nitrogens with one attached hydrogen (secondary N) is 2. The second-order valence-corrected chi connectivity index (χ2v) is 11.8. The van der Waals surface area contributed by atoms with Gasteiger partial charge in [0.15, 0.2) is 0 Å². The second kappa shape index (κ2) is 15.9. The van der Waals surface area contributed by atoms with Crippen molar-refractivity contribution in [1.82, 2.24) is 20.4 Å². The number of aryl methyl sites for hydroxylation is 1. The number of piperazine rings is 1. The topological polar surface area (TPSA) is 102 Å². The van der Waals surface area contributed by atoms with Crippen LogP contribution in [0, 0.1) is 24.4 Å². The average molecular weight is 639 g/mol. The smallest absolute Gasteiger partial charge is 0.253 e. The van der Waals surface area contributed by atoms with Crippen molar-refractivity contribution in [3.05, 3.63) is 106 Å². The highest BCUT2D eigenvalue weighted by molar-refractivity contribution is 6.00. The lowest BCUT2D eigenvalue weighted by atomic mass is 9.93. The van der Waals surface area contributed by atoms with Gasteiger partial charge < -0.3 is 25.5 Å². The van der Waals surface area contributed by atoms with Crippen molar-refractivity contribution in [2.75, 3.05) is 26.2 Å². The minimum absolute atomic E-state index is 0.112. The maximum Gasteiger partial charge on any atom is 0.253 e. The molecule has 0 aromatic heterocycles. The number of benzene rings is 3. The van der Waals surface area contributed by atoms with E-state index >= 15 is 0 Å². The Hall–Kier alpha value is -4.22. The third kappa shape index (κ3) is 8.95. The Morgan fingerprint density at radius 3 is 2.26 bits per heavy atom. The summed E-state index contributed by atoms with van der Waals surface area (Å²) in [5, 5.41) is 17.3. The summed E-state index contributed by atoms with van der Waals surface area (Å²) in [6, 6.07) is 11.2. The van der Waals surface area contributed by atoms with Gasteiger partial charge in [-0.05, 0) is 85.3 Å². The monoisotopic (exact) mass is 638 g/mol. The van der Waals surface area contributed by atoms with E-state index in [0.717, 1.165) is 31.0 Å². The minimum Gasteiger partial charge on any atom is -0.389 e. The Kier molecular flexibility index (Phi) is 11.9. The highest BCUT2D eigenvalue weighted by Crippen LogP contribution is 2.19. The van der Waals surface area contributed by atoms with Crippen molar-refractivity contribution in [3.63, 3.8) is 0 Å².